The Kier molecular flexibility index (Phi) is 5.33. The van der Waals surface area contributed by atoms with E-state index in [0.29, 0.717) is 0 Å². The fourth-order valence-corrected chi connectivity index (χ4v) is 2.97. The number of rotatable bonds is 6. The smallest absolute Gasteiger partial charge is 0.231 e. The molecule has 1 unspecified atom stereocenters. The minimum Gasteiger partial charge on any atom is -0.374 e. The molecule has 0 radical (unpaired) electrons. The largest absolute Gasteiger partial charge is 0.374 e. The maximum absolute atomic E-state index is 11.2. The Morgan fingerprint density at radius 1 is 1.68 bits per heavy atom. The average Bonchev–Trinajstić information content (AvgIpc) is 2.80. The first-order valence-corrected chi connectivity index (χ1v) is 7.39. The van der Waals surface area contributed by atoms with Gasteiger partial charge in [0.2, 0.25) is 5.91 Å². The highest BCUT2D eigenvalue weighted by Crippen LogP contribution is 2.12. The van der Waals surface area contributed by atoms with Crippen molar-refractivity contribution in [2.24, 2.45) is 5.73 Å². The average molecular weight is 283 g/mol. The Labute approximate surface area is 117 Å². The van der Waals surface area contributed by atoms with Gasteiger partial charge in [-0.3, -0.25) is 9.69 Å². The number of thiophene rings is 1. The van der Waals surface area contributed by atoms with Gasteiger partial charge in [-0.1, -0.05) is 0 Å². The maximum atomic E-state index is 11.2. The van der Waals surface area contributed by atoms with Gasteiger partial charge in [0.05, 0.1) is 19.3 Å². The lowest BCUT2D eigenvalue weighted by atomic mass is 10.2. The Hall–Kier alpha value is -0.950. The SMILES string of the molecule is CN1CCOC(CN(CC(N)=O)Cc2ccsc2)C1. The second kappa shape index (κ2) is 7.00. The van der Waals surface area contributed by atoms with Crippen LogP contribution in [0.15, 0.2) is 16.8 Å². The number of nitrogens with two attached hydrogens (primary N) is 1. The molecule has 0 aliphatic carbocycles. The van der Waals surface area contributed by atoms with E-state index in [2.05, 4.69) is 28.3 Å². The molecule has 1 aromatic rings. The highest BCUT2D eigenvalue weighted by molar-refractivity contribution is 7.07. The molecule has 0 saturated carbocycles. The van der Waals surface area contributed by atoms with E-state index in [1.807, 2.05) is 5.38 Å². The van der Waals surface area contributed by atoms with Crippen molar-refractivity contribution in [3.8, 4) is 0 Å². The quantitative estimate of drug-likeness (QED) is 0.819. The van der Waals surface area contributed by atoms with Crippen molar-refractivity contribution in [3.63, 3.8) is 0 Å². The van der Waals surface area contributed by atoms with E-state index in [4.69, 9.17) is 10.5 Å². The normalized spacial score (nSPS) is 20.8. The number of nitrogens with zero attached hydrogens (tertiary/aromatic N) is 2. The molecule has 1 aromatic heterocycles. The van der Waals surface area contributed by atoms with Gasteiger partial charge < -0.3 is 15.4 Å². The van der Waals surface area contributed by atoms with Crippen molar-refractivity contribution < 1.29 is 9.53 Å². The molecule has 2 heterocycles. The summed E-state index contributed by atoms with van der Waals surface area (Å²) >= 11 is 1.66. The molecular weight excluding hydrogens is 262 g/mol. The van der Waals surface area contributed by atoms with Gasteiger partial charge in [-0.05, 0) is 29.4 Å². The first-order valence-electron chi connectivity index (χ1n) is 6.45. The van der Waals surface area contributed by atoms with Gasteiger partial charge in [0.1, 0.15) is 0 Å². The molecule has 1 fully saturated rings. The van der Waals surface area contributed by atoms with E-state index in [9.17, 15) is 4.79 Å². The number of ether oxygens (including phenoxy) is 1. The first-order chi connectivity index (χ1) is 9.13. The number of carbonyl (C=O) groups is 1. The molecule has 0 bridgehead atoms. The van der Waals surface area contributed by atoms with Crippen LogP contribution < -0.4 is 5.73 Å². The molecule has 1 aliphatic rings. The predicted octanol–water partition coefficient (Wildman–Crippen LogP) is 0.366. The molecule has 5 nitrogen and oxygen atoms in total. The lowest BCUT2D eigenvalue weighted by Gasteiger charge is -2.33. The third-order valence-electron chi connectivity index (χ3n) is 3.17. The lowest BCUT2D eigenvalue weighted by molar-refractivity contribution is -0.120. The van der Waals surface area contributed by atoms with Crippen LogP contribution in [-0.4, -0.2) is 61.6 Å². The monoisotopic (exact) mass is 283 g/mol. The molecule has 2 rings (SSSR count). The number of amides is 1. The molecule has 0 aromatic carbocycles. The minimum absolute atomic E-state index is 0.150. The van der Waals surface area contributed by atoms with Gasteiger partial charge in [-0.15, -0.1) is 0 Å². The van der Waals surface area contributed by atoms with Crippen molar-refractivity contribution in [2.75, 3.05) is 39.8 Å². The van der Waals surface area contributed by atoms with E-state index >= 15 is 0 Å². The van der Waals surface area contributed by atoms with Gasteiger partial charge in [0.25, 0.3) is 0 Å². The Balaban J connectivity index is 1.91. The van der Waals surface area contributed by atoms with Crippen molar-refractivity contribution in [3.05, 3.63) is 22.4 Å². The third-order valence-corrected chi connectivity index (χ3v) is 3.90. The lowest BCUT2D eigenvalue weighted by Crippen LogP contribution is -2.47. The molecule has 19 heavy (non-hydrogen) atoms. The van der Waals surface area contributed by atoms with Crippen LogP contribution in [0.5, 0.6) is 0 Å². The highest BCUT2D eigenvalue weighted by atomic mass is 32.1. The summed E-state index contributed by atoms with van der Waals surface area (Å²) in [6, 6.07) is 2.08. The summed E-state index contributed by atoms with van der Waals surface area (Å²) in [6.45, 7) is 4.39. The summed E-state index contributed by atoms with van der Waals surface area (Å²) in [5.41, 5.74) is 6.54. The molecule has 6 heteroatoms. The molecule has 1 saturated heterocycles. The van der Waals surface area contributed by atoms with Gasteiger partial charge in [-0.25, -0.2) is 0 Å². The van der Waals surface area contributed by atoms with Crippen molar-refractivity contribution >= 4 is 17.2 Å². The number of hydrogen-bond acceptors (Lipinski definition) is 5. The number of likely N-dealkylation sites (N-methyl/N-ethyl adjacent to an activating group) is 1. The van der Waals surface area contributed by atoms with Crippen LogP contribution in [0.4, 0.5) is 0 Å². The van der Waals surface area contributed by atoms with E-state index in [-0.39, 0.29) is 18.6 Å². The summed E-state index contributed by atoms with van der Waals surface area (Å²) in [5, 5.41) is 4.14. The third kappa shape index (κ3) is 4.91. The van der Waals surface area contributed by atoms with Crippen molar-refractivity contribution in [1.82, 2.24) is 9.80 Å². The van der Waals surface area contributed by atoms with Crippen LogP contribution in [0.3, 0.4) is 0 Å². The molecule has 1 aliphatic heterocycles. The summed E-state index contributed by atoms with van der Waals surface area (Å²) in [4.78, 5) is 15.5. The van der Waals surface area contributed by atoms with Crippen LogP contribution >= 0.6 is 11.3 Å². The van der Waals surface area contributed by atoms with Crippen molar-refractivity contribution in [1.29, 1.82) is 0 Å². The van der Waals surface area contributed by atoms with Gasteiger partial charge in [-0.2, -0.15) is 11.3 Å². The summed E-state index contributed by atoms with van der Waals surface area (Å²) in [5.74, 6) is -0.292. The molecule has 106 valence electrons. The van der Waals surface area contributed by atoms with Crippen LogP contribution in [0, 0.1) is 0 Å². The molecule has 2 N–H and O–H groups in total. The summed E-state index contributed by atoms with van der Waals surface area (Å²) < 4.78 is 5.75. The molecule has 0 spiro atoms. The number of hydrogen-bond donors (Lipinski definition) is 1. The number of carbonyl (C=O) groups excluding carboxylic acids is 1. The zero-order valence-electron chi connectivity index (χ0n) is 11.2. The highest BCUT2D eigenvalue weighted by Gasteiger charge is 2.21. The van der Waals surface area contributed by atoms with E-state index in [0.717, 1.165) is 32.8 Å². The van der Waals surface area contributed by atoms with Crippen LogP contribution in [0.25, 0.3) is 0 Å². The van der Waals surface area contributed by atoms with E-state index in [1.165, 1.54) is 5.56 Å². The molecule has 1 atom stereocenters. The Morgan fingerprint density at radius 3 is 3.16 bits per heavy atom. The van der Waals surface area contributed by atoms with Crippen LogP contribution in [0.1, 0.15) is 5.56 Å². The standard InChI is InChI=1S/C13H21N3O2S/c1-15-3-4-18-12(7-15)8-16(9-13(14)17)6-11-2-5-19-10-11/h2,5,10,12H,3-4,6-9H2,1H3,(H2,14,17). The molecule has 1 amide bonds. The van der Waals surface area contributed by atoms with Crippen LogP contribution in [0.2, 0.25) is 0 Å². The van der Waals surface area contributed by atoms with Gasteiger partial charge >= 0.3 is 0 Å². The predicted molar refractivity (Wildman–Crippen MR) is 76.0 cm³/mol. The first kappa shape index (κ1) is 14.5. The van der Waals surface area contributed by atoms with Crippen molar-refractivity contribution in [2.45, 2.75) is 12.6 Å². The minimum atomic E-state index is -0.292. The second-order valence-electron chi connectivity index (χ2n) is 5.02. The van der Waals surface area contributed by atoms with Gasteiger partial charge in [0, 0.05) is 26.2 Å². The zero-order chi connectivity index (χ0) is 13.7. The maximum Gasteiger partial charge on any atom is 0.231 e. The number of primary amides is 1. The van der Waals surface area contributed by atoms with Gasteiger partial charge in [0.15, 0.2) is 0 Å². The number of morpholine rings is 1. The Morgan fingerprint density at radius 2 is 2.53 bits per heavy atom. The summed E-state index contributed by atoms with van der Waals surface area (Å²) in [7, 11) is 2.09. The van der Waals surface area contributed by atoms with E-state index < -0.39 is 0 Å². The second-order valence-corrected chi connectivity index (χ2v) is 5.80. The summed E-state index contributed by atoms with van der Waals surface area (Å²) in [6.07, 6.45) is 0.150. The Bertz CT molecular complexity index is 397. The fourth-order valence-electron chi connectivity index (χ4n) is 2.31. The zero-order valence-corrected chi connectivity index (χ0v) is 12.1. The van der Waals surface area contributed by atoms with Crippen LogP contribution in [-0.2, 0) is 16.1 Å². The molecular formula is C13H21N3O2S. The fraction of sp³-hybridized carbons (Fsp3) is 0.615. The van der Waals surface area contributed by atoms with E-state index in [1.54, 1.807) is 11.3 Å². The topological polar surface area (TPSA) is 58.8 Å².